The predicted octanol–water partition coefficient (Wildman–Crippen LogP) is 3.84. The monoisotopic (exact) mass is 325 g/mol. The van der Waals surface area contributed by atoms with E-state index in [9.17, 15) is 4.79 Å². The number of anilines is 2. The number of carbonyl (C=O) groups excluding carboxylic acids is 1. The third-order valence-electron chi connectivity index (χ3n) is 4.10. The highest BCUT2D eigenvalue weighted by molar-refractivity contribution is 5.90. The maximum Gasteiger partial charge on any atom is 0.227 e. The molecule has 1 saturated carbocycles. The van der Waals surface area contributed by atoms with Gasteiger partial charge in [0.2, 0.25) is 5.91 Å². The molecular weight excluding hydrogens is 302 g/mol. The highest BCUT2D eigenvalue weighted by Crippen LogP contribution is 2.21. The van der Waals surface area contributed by atoms with Crippen LogP contribution in [0.25, 0.3) is 0 Å². The number of pyridine rings is 1. The number of amides is 1. The van der Waals surface area contributed by atoms with Gasteiger partial charge in [0, 0.05) is 6.04 Å². The molecule has 1 aromatic carbocycles. The van der Waals surface area contributed by atoms with E-state index in [1.165, 1.54) is 25.7 Å². The summed E-state index contributed by atoms with van der Waals surface area (Å²) in [6, 6.07) is 13.8. The fourth-order valence-electron chi connectivity index (χ4n) is 2.83. The summed E-state index contributed by atoms with van der Waals surface area (Å²) in [4.78, 5) is 16.3. The van der Waals surface area contributed by atoms with Gasteiger partial charge in [-0.3, -0.25) is 4.79 Å². The molecule has 3 rings (SSSR count). The van der Waals surface area contributed by atoms with E-state index in [0.29, 0.717) is 24.8 Å². The Hall–Kier alpha value is -2.56. The molecule has 5 nitrogen and oxygen atoms in total. The lowest BCUT2D eigenvalue weighted by molar-refractivity contribution is -0.116. The van der Waals surface area contributed by atoms with E-state index in [2.05, 4.69) is 15.6 Å². The quantitative estimate of drug-likeness (QED) is 0.812. The molecule has 1 heterocycles. The Morgan fingerprint density at radius 1 is 1.12 bits per heavy atom. The highest BCUT2D eigenvalue weighted by atomic mass is 16.5. The molecule has 0 saturated heterocycles. The lowest BCUT2D eigenvalue weighted by atomic mass is 10.2. The lowest BCUT2D eigenvalue weighted by Crippen LogP contribution is -2.17. The number of nitrogens with zero attached hydrogens (tertiary/aromatic N) is 1. The molecule has 0 bridgehead atoms. The number of benzene rings is 1. The molecule has 1 fully saturated rings. The number of hydrogen-bond donors (Lipinski definition) is 2. The van der Waals surface area contributed by atoms with Crippen LogP contribution >= 0.6 is 0 Å². The molecule has 2 aromatic rings. The van der Waals surface area contributed by atoms with Gasteiger partial charge in [-0.1, -0.05) is 31.0 Å². The van der Waals surface area contributed by atoms with E-state index in [4.69, 9.17) is 4.74 Å². The second kappa shape index (κ2) is 8.34. The van der Waals surface area contributed by atoms with Crippen molar-refractivity contribution in [3.63, 3.8) is 0 Å². The zero-order valence-corrected chi connectivity index (χ0v) is 13.7. The lowest BCUT2D eigenvalue weighted by Gasteiger charge is -2.13. The summed E-state index contributed by atoms with van der Waals surface area (Å²) in [6.45, 7) is 0.352. The van der Waals surface area contributed by atoms with Crippen LogP contribution in [0, 0.1) is 0 Å². The van der Waals surface area contributed by atoms with Crippen molar-refractivity contribution in [2.24, 2.45) is 0 Å². The second-order valence-corrected chi connectivity index (χ2v) is 6.02. The first-order valence-corrected chi connectivity index (χ1v) is 8.50. The van der Waals surface area contributed by atoms with Crippen LogP contribution in [0.4, 0.5) is 11.5 Å². The van der Waals surface area contributed by atoms with Gasteiger partial charge in [-0.25, -0.2) is 4.98 Å². The van der Waals surface area contributed by atoms with Gasteiger partial charge >= 0.3 is 0 Å². The highest BCUT2D eigenvalue weighted by Gasteiger charge is 2.14. The van der Waals surface area contributed by atoms with Crippen molar-refractivity contribution < 1.29 is 9.53 Å². The first-order valence-electron chi connectivity index (χ1n) is 8.50. The van der Waals surface area contributed by atoms with Crippen LogP contribution in [0.1, 0.15) is 32.1 Å². The molecule has 1 amide bonds. The molecule has 5 heteroatoms. The van der Waals surface area contributed by atoms with Crippen molar-refractivity contribution in [2.75, 3.05) is 17.2 Å². The topological polar surface area (TPSA) is 63.2 Å². The summed E-state index contributed by atoms with van der Waals surface area (Å²) in [6.07, 6.45) is 6.99. The Balaban J connectivity index is 1.40. The van der Waals surface area contributed by atoms with Gasteiger partial charge in [-0.05, 0) is 37.1 Å². The van der Waals surface area contributed by atoms with Gasteiger partial charge in [-0.15, -0.1) is 0 Å². The summed E-state index contributed by atoms with van der Waals surface area (Å²) in [7, 11) is 0. The van der Waals surface area contributed by atoms with Crippen LogP contribution in [-0.2, 0) is 4.79 Å². The summed E-state index contributed by atoms with van der Waals surface area (Å²) in [5.41, 5.74) is 0.705. The fraction of sp³-hybridized carbons (Fsp3) is 0.368. The largest absolute Gasteiger partial charge is 0.493 e. The standard InChI is InChI=1S/C19H23N3O2/c23-19(12-13-24-17-8-2-1-3-9-17)22-16-10-11-18(20-14-16)21-15-6-4-5-7-15/h1-3,8-11,14-15H,4-7,12-13H2,(H,20,21)(H,22,23). The van der Waals surface area contributed by atoms with E-state index >= 15 is 0 Å². The molecule has 1 aromatic heterocycles. The van der Waals surface area contributed by atoms with E-state index in [1.807, 2.05) is 42.5 Å². The maximum absolute atomic E-state index is 11.9. The van der Waals surface area contributed by atoms with Gasteiger partial charge in [0.1, 0.15) is 11.6 Å². The Morgan fingerprint density at radius 2 is 1.92 bits per heavy atom. The second-order valence-electron chi connectivity index (χ2n) is 6.02. The van der Waals surface area contributed by atoms with Crippen LogP contribution < -0.4 is 15.4 Å². The number of hydrogen-bond acceptors (Lipinski definition) is 4. The minimum Gasteiger partial charge on any atom is -0.493 e. The molecule has 2 N–H and O–H groups in total. The molecular formula is C19H23N3O2. The van der Waals surface area contributed by atoms with Crippen molar-refractivity contribution in [3.8, 4) is 5.75 Å². The number of aromatic nitrogens is 1. The molecule has 1 aliphatic rings. The molecule has 0 unspecified atom stereocenters. The molecule has 1 aliphatic carbocycles. The first-order chi connectivity index (χ1) is 11.8. The van der Waals surface area contributed by atoms with Crippen molar-refractivity contribution in [3.05, 3.63) is 48.7 Å². The minimum absolute atomic E-state index is 0.0794. The van der Waals surface area contributed by atoms with Gasteiger partial charge in [0.05, 0.1) is 24.9 Å². The Labute approximate surface area is 142 Å². The van der Waals surface area contributed by atoms with Crippen LogP contribution in [0.5, 0.6) is 5.75 Å². The third kappa shape index (κ3) is 4.98. The Bertz CT molecular complexity index is 637. The number of ether oxygens (including phenoxy) is 1. The van der Waals surface area contributed by atoms with Crippen LogP contribution in [0.15, 0.2) is 48.7 Å². The first kappa shape index (κ1) is 16.3. The van der Waals surface area contributed by atoms with Crippen molar-refractivity contribution in [2.45, 2.75) is 38.1 Å². The van der Waals surface area contributed by atoms with Crippen LogP contribution in [0.2, 0.25) is 0 Å². The van der Waals surface area contributed by atoms with E-state index in [-0.39, 0.29) is 5.91 Å². The summed E-state index contributed by atoms with van der Waals surface area (Å²) in [5, 5.41) is 6.27. The average molecular weight is 325 g/mol. The number of carbonyl (C=O) groups is 1. The van der Waals surface area contributed by atoms with Crippen LogP contribution in [0.3, 0.4) is 0 Å². The molecule has 24 heavy (non-hydrogen) atoms. The van der Waals surface area contributed by atoms with Crippen molar-refractivity contribution in [1.82, 2.24) is 4.98 Å². The molecule has 0 spiro atoms. The van der Waals surface area contributed by atoms with Crippen LogP contribution in [-0.4, -0.2) is 23.5 Å². The Kier molecular flexibility index (Phi) is 5.66. The average Bonchev–Trinajstić information content (AvgIpc) is 3.11. The molecule has 0 atom stereocenters. The summed E-state index contributed by atoms with van der Waals surface area (Å²) >= 11 is 0. The zero-order chi connectivity index (χ0) is 16.6. The molecule has 126 valence electrons. The van der Waals surface area contributed by atoms with Gasteiger partial charge in [-0.2, -0.15) is 0 Å². The number of rotatable bonds is 7. The third-order valence-corrected chi connectivity index (χ3v) is 4.10. The summed E-state index contributed by atoms with van der Waals surface area (Å²) < 4.78 is 5.52. The van der Waals surface area contributed by atoms with E-state index < -0.39 is 0 Å². The zero-order valence-electron chi connectivity index (χ0n) is 13.7. The van der Waals surface area contributed by atoms with Gasteiger partial charge in [0.15, 0.2) is 0 Å². The normalized spacial score (nSPS) is 14.3. The number of nitrogens with one attached hydrogen (secondary N) is 2. The SMILES string of the molecule is O=C(CCOc1ccccc1)Nc1ccc(NC2CCCC2)nc1. The predicted molar refractivity (Wildman–Crippen MR) is 95.3 cm³/mol. The Morgan fingerprint density at radius 3 is 2.62 bits per heavy atom. The van der Waals surface area contributed by atoms with E-state index in [0.717, 1.165) is 11.6 Å². The molecule has 0 aliphatic heterocycles. The van der Waals surface area contributed by atoms with E-state index in [1.54, 1.807) is 6.20 Å². The fourth-order valence-corrected chi connectivity index (χ4v) is 2.83. The molecule has 0 radical (unpaired) electrons. The minimum atomic E-state index is -0.0794. The number of para-hydroxylation sites is 1. The smallest absolute Gasteiger partial charge is 0.227 e. The van der Waals surface area contributed by atoms with Gasteiger partial charge < -0.3 is 15.4 Å². The van der Waals surface area contributed by atoms with Gasteiger partial charge in [0.25, 0.3) is 0 Å². The summed E-state index contributed by atoms with van der Waals surface area (Å²) in [5.74, 6) is 1.56. The van der Waals surface area contributed by atoms with Crippen molar-refractivity contribution in [1.29, 1.82) is 0 Å². The maximum atomic E-state index is 11.9. The van der Waals surface area contributed by atoms with Crippen molar-refractivity contribution >= 4 is 17.4 Å².